The van der Waals surface area contributed by atoms with Crippen LogP contribution < -0.4 is 10.0 Å². The minimum absolute atomic E-state index is 0.134. The number of para-hydroxylation sites is 1. The lowest BCUT2D eigenvalue weighted by Gasteiger charge is -2.27. The normalized spacial score (nSPS) is 21.1. The number of thiocarbonyl (C=S) groups is 1. The molecule has 0 radical (unpaired) electrons. The van der Waals surface area contributed by atoms with Crippen LogP contribution in [0.4, 0.5) is 5.69 Å². The highest BCUT2D eigenvalue weighted by Gasteiger charge is 2.43. The van der Waals surface area contributed by atoms with Crippen LogP contribution in [-0.4, -0.2) is 40.1 Å². The maximum atomic E-state index is 12.9. The Labute approximate surface area is 154 Å². The van der Waals surface area contributed by atoms with Crippen LogP contribution in [0.2, 0.25) is 0 Å². The number of anilines is 1. The van der Waals surface area contributed by atoms with E-state index in [1.807, 2.05) is 13.0 Å². The highest BCUT2D eigenvalue weighted by molar-refractivity contribution is 8.26. The SMILES string of the molecule is CCCC(C(=O)[O-])N1C(=O)C(=C2C(=O)N(C)c3ccccc32)SC1=S. The first-order valence-corrected chi connectivity index (χ1v) is 8.98. The number of carboxylic acid groups (broad SMARTS) is 1. The number of benzene rings is 1. The van der Waals surface area contributed by atoms with E-state index in [0.29, 0.717) is 17.7 Å². The topological polar surface area (TPSA) is 80.7 Å². The van der Waals surface area contributed by atoms with Crippen molar-refractivity contribution in [3.8, 4) is 0 Å². The van der Waals surface area contributed by atoms with E-state index in [4.69, 9.17) is 12.2 Å². The summed E-state index contributed by atoms with van der Waals surface area (Å²) < 4.78 is 0.134. The third-order valence-electron chi connectivity index (χ3n) is 4.23. The van der Waals surface area contributed by atoms with E-state index < -0.39 is 17.9 Å². The minimum Gasteiger partial charge on any atom is -0.548 e. The molecule has 6 nitrogen and oxygen atoms in total. The van der Waals surface area contributed by atoms with E-state index in [0.717, 1.165) is 16.7 Å². The molecule has 8 heteroatoms. The second-order valence-electron chi connectivity index (χ2n) is 5.75. The Morgan fingerprint density at radius 2 is 1.96 bits per heavy atom. The van der Waals surface area contributed by atoms with Crippen molar-refractivity contribution >= 4 is 57.3 Å². The molecule has 25 heavy (non-hydrogen) atoms. The number of hydrogen-bond acceptors (Lipinski definition) is 6. The van der Waals surface area contributed by atoms with Gasteiger partial charge < -0.3 is 14.8 Å². The smallest absolute Gasteiger partial charge is 0.267 e. The molecule has 0 N–H and O–H groups in total. The molecular formula is C17H15N2O4S2-. The summed E-state index contributed by atoms with van der Waals surface area (Å²) in [7, 11) is 1.63. The van der Waals surface area contributed by atoms with Gasteiger partial charge in [-0.25, -0.2) is 0 Å². The van der Waals surface area contributed by atoms with E-state index in [1.54, 1.807) is 25.2 Å². The number of thioether (sulfide) groups is 1. The predicted molar refractivity (Wildman–Crippen MR) is 97.5 cm³/mol. The fourth-order valence-corrected chi connectivity index (χ4v) is 4.44. The molecule has 0 spiro atoms. The van der Waals surface area contributed by atoms with Gasteiger partial charge in [-0.1, -0.05) is 55.5 Å². The first-order chi connectivity index (χ1) is 11.9. The van der Waals surface area contributed by atoms with Crippen LogP contribution in [0.1, 0.15) is 25.3 Å². The molecule has 2 amide bonds. The number of rotatable bonds is 4. The third-order valence-corrected chi connectivity index (χ3v) is 5.63. The maximum absolute atomic E-state index is 12.9. The van der Waals surface area contributed by atoms with Gasteiger partial charge >= 0.3 is 0 Å². The molecule has 1 aromatic rings. The molecule has 2 aliphatic heterocycles. The van der Waals surface area contributed by atoms with E-state index in [9.17, 15) is 19.5 Å². The van der Waals surface area contributed by atoms with Crippen molar-refractivity contribution in [2.24, 2.45) is 0 Å². The van der Waals surface area contributed by atoms with Crippen LogP contribution in [0.25, 0.3) is 5.57 Å². The van der Waals surface area contributed by atoms with Crippen LogP contribution in [0.15, 0.2) is 29.2 Å². The van der Waals surface area contributed by atoms with Crippen molar-refractivity contribution in [2.45, 2.75) is 25.8 Å². The molecule has 3 rings (SSSR count). The van der Waals surface area contributed by atoms with Gasteiger partial charge in [0.1, 0.15) is 4.32 Å². The maximum Gasteiger partial charge on any atom is 0.267 e. The molecule has 1 saturated heterocycles. The minimum atomic E-state index is -1.35. The average Bonchev–Trinajstić information content (AvgIpc) is 3.00. The molecular weight excluding hydrogens is 360 g/mol. The lowest BCUT2D eigenvalue weighted by Crippen LogP contribution is -2.49. The molecule has 0 aromatic heterocycles. The highest BCUT2D eigenvalue weighted by Crippen LogP contribution is 2.44. The van der Waals surface area contributed by atoms with Crippen molar-refractivity contribution in [3.63, 3.8) is 0 Å². The summed E-state index contributed by atoms with van der Waals surface area (Å²) in [6, 6.07) is 6.03. The molecule has 1 fully saturated rings. The zero-order chi connectivity index (χ0) is 18.3. The van der Waals surface area contributed by atoms with Crippen LogP contribution in [0, 0.1) is 0 Å². The Kier molecular flexibility index (Phi) is 4.66. The van der Waals surface area contributed by atoms with Gasteiger partial charge in [-0.3, -0.25) is 14.5 Å². The van der Waals surface area contributed by atoms with Gasteiger partial charge in [0.15, 0.2) is 0 Å². The zero-order valence-corrected chi connectivity index (χ0v) is 15.3. The number of carboxylic acids is 1. The van der Waals surface area contributed by atoms with Crippen LogP contribution in [-0.2, 0) is 14.4 Å². The lowest BCUT2D eigenvalue weighted by atomic mass is 10.1. The summed E-state index contributed by atoms with van der Waals surface area (Å²) in [4.78, 5) is 39.7. The number of likely N-dealkylation sites (N-methyl/N-ethyl adjacent to an activating group) is 1. The summed E-state index contributed by atoms with van der Waals surface area (Å²) in [5.74, 6) is -2.20. The Morgan fingerprint density at radius 3 is 2.60 bits per heavy atom. The van der Waals surface area contributed by atoms with Crippen LogP contribution in [0.3, 0.4) is 0 Å². The predicted octanol–water partition coefficient (Wildman–Crippen LogP) is 1.15. The Balaban J connectivity index is 2.09. The quantitative estimate of drug-likeness (QED) is 0.580. The summed E-state index contributed by atoms with van der Waals surface area (Å²) in [6.45, 7) is 1.82. The summed E-state index contributed by atoms with van der Waals surface area (Å²) in [5.41, 5.74) is 1.63. The molecule has 1 aromatic carbocycles. The number of fused-ring (bicyclic) bond motifs is 1. The standard InChI is InChI=1S/C17H16N2O4S2/c1-3-6-11(16(22)23)19-15(21)13(25-17(19)24)12-9-7-4-5-8-10(9)18(2)14(12)20/h4-5,7-8,11H,3,6H2,1-2H3,(H,22,23)/p-1. The van der Waals surface area contributed by atoms with Gasteiger partial charge in [-0.2, -0.15) is 0 Å². The zero-order valence-electron chi connectivity index (χ0n) is 13.6. The van der Waals surface area contributed by atoms with Gasteiger partial charge in [-0.15, -0.1) is 0 Å². The number of hydrogen-bond donors (Lipinski definition) is 0. The Morgan fingerprint density at radius 1 is 1.28 bits per heavy atom. The van der Waals surface area contributed by atoms with Crippen molar-refractivity contribution < 1.29 is 19.5 Å². The molecule has 0 aliphatic carbocycles. The summed E-state index contributed by atoms with van der Waals surface area (Å²) in [6.07, 6.45) is 0.800. The second-order valence-corrected chi connectivity index (χ2v) is 7.40. The van der Waals surface area contributed by atoms with E-state index in [-0.39, 0.29) is 27.1 Å². The fourth-order valence-electron chi connectivity index (χ4n) is 3.01. The van der Waals surface area contributed by atoms with E-state index in [2.05, 4.69) is 0 Å². The monoisotopic (exact) mass is 375 g/mol. The van der Waals surface area contributed by atoms with Gasteiger partial charge in [0.05, 0.1) is 28.2 Å². The highest BCUT2D eigenvalue weighted by atomic mass is 32.2. The number of carbonyl (C=O) groups excluding carboxylic acids is 3. The summed E-state index contributed by atoms with van der Waals surface area (Å²) >= 11 is 6.19. The Bertz CT molecular complexity index is 834. The molecule has 2 aliphatic rings. The van der Waals surface area contributed by atoms with Crippen molar-refractivity contribution in [3.05, 3.63) is 34.7 Å². The summed E-state index contributed by atoms with van der Waals surface area (Å²) in [5, 5.41) is 11.4. The van der Waals surface area contributed by atoms with Crippen molar-refractivity contribution in [1.29, 1.82) is 0 Å². The average molecular weight is 375 g/mol. The first kappa shape index (κ1) is 17.6. The molecule has 1 atom stereocenters. The Hall–Kier alpha value is -2.19. The van der Waals surface area contributed by atoms with Crippen LogP contribution >= 0.6 is 24.0 Å². The molecule has 1 unspecified atom stereocenters. The molecule has 130 valence electrons. The first-order valence-electron chi connectivity index (χ1n) is 7.76. The van der Waals surface area contributed by atoms with E-state index >= 15 is 0 Å². The largest absolute Gasteiger partial charge is 0.548 e. The van der Waals surface area contributed by atoms with Crippen LogP contribution in [0.5, 0.6) is 0 Å². The third kappa shape index (κ3) is 2.75. The molecule has 2 heterocycles. The molecule has 0 saturated carbocycles. The number of aliphatic carboxylic acids is 1. The number of amides is 2. The number of carbonyl (C=O) groups is 3. The van der Waals surface area contributed by atoms with Crippen molar-refractivity contribution in [1.82, 2.24) is 4.90 Å². The van der Waals surface area contributed by atoms with Crippen molar-refractivity contribution in [2.75, 3.05) is 11.9 Å². The lowest BCUT2D eigenvalue weighted by molar-refractivity contribution is -0.310. The van der Waals surface area contributed by atoms with Gasteiger partial charge in [0, 0.05) is 12.6 Å². The fraction of sp³-hybridized carbons (Fsp3) is 0.294. The van der Waals surface area contributed by atoms with Gasteiger partial charge in [-0.05, 0) is 12.5 Å². The second kappa shape index (κ2) is 6.61. The van der Waals surface area contributed by atoms with Gasteiger partial charge in [0.2, 0.25) is 0 Å². The van der Waals surface area contributed by atoms with Gasteiger partial charge in [0.25, 0.3) is 11.8 Å². The van der Waals surface area contributed by atoms with E-state index in [1.165, 1.54) is 4.90 Å². The molecule has 0 bridgehead atoms. The number of nitrogens with zero attached hydrogens (tertiary/aromatic N) is 2.